The van der Waals surface area contributed by atoms with Crippen molar-refractivity contribution in [1.82, 2.24) is 9.80 Å². The van der Waals surface area contributed by atoms with Gasteiger partial charge in [0.05, 0.1) is 0 Å². The van der Waals surface area contributed by atoms with E-state index in [9.17, 15) is 9.59 Å². The molecule has 1 aromatic rings. The number of primary amides is 1. The maximum absolute atomic E-state index is 12.0. The molecular formula is C15H21N3O4. The van der Waals surface area contributed by atoms with E-state index < -0.39 is 6.09 Å². The van der Waals surface area contributed by atoms with Gasteiger partial charge in [0.1, 0.15) is 13.2 Å². The van der Waals surface area contributed by atoms with Crippen LogP contribution in [-0.4, -0.2) is 61.3 Å². The fourth-order valence-corrected chi connectivity index (χ4v) is 2.24. The van der Waals surface area contributed by atoms with E-state index in [1.54, 1.807) is 4.90 Å². The van der Waals surface area contributed by atoms with Crippen molar-refractivity contribution in [2.24, 2.45) is 5.73 Å². The van der Waals surface area contributed by atoms with Gasteiger partial charge in [-0.05, 0) is 5.56 Å². The smallest absolute Gasteiger partial charge is 0.410 e. The Morgan fingerprint density at radius 2 is 1.73 bits per heavy atom. The molecule has 2 N–H and O–H groups in total. The first-order valence-corrected chi connectivity index (χ1v) is 7.25. The molecule has 1 saturated heterocycles. The van der Waals surface area contributed by atoms with Crippen molar-refractivity contribution in [3.05, 3.63) is 35.9 Å². The molecular weight excluding hydrogens is 286 g/mol. The average molecular weight is 307 g/mol. The Hall–Kier alpha value is -2.28. The molecule has 120 valence electrons. The van der Waals surface area contributed by atoms with Crippen molar-refractivity contribution in [3.63, 3.8) is 0 Å². The third-order valence-electron chi connectivity index (χ3n) is 3.49. The zero-order valence-electron chi connectivity index (χ0n) is 12.4. The molecule has 0 aromatic heterocycles. The molecule has 2 rings (SSSR count). The van der Waals surface area contributed by atoms with Crippen LogP contribution in [0.3, 0.4) is 0 Å². The summed E-state index contributed by atoms with van der Waals surface area (Å²) in [6, 6.07) is 9.59. The summed E-state index contributed by atoms with van der Waals surface area (Å²) in [5, 5.41) is 0. The molecule has 7 nitrogen and oxygen atoms in total. The molecule has 1 aromatic carbocycles. The van der Waals surface area contributed by atoms with E-state index >= 15 is 0 Å². The van der Waals surface area contributed by atoms with Crippen LogP contribution >= 0.6 is 0 Å². The van der Waals surface area contributed by atoms with Gasteiger partial charge in [-0.25, -0.2) is 9.59 Å². The monoisotopic (exact) mass is 307 g/mol. The number of carbonyl (C=O) groups excluding carboxylic acids is 2. The molecule has 0 bridgehead atoms. The highest BCUT2D eigenvalue weighted by molar-refractivity contribution is 5.67. The second-order valence-corrected chi connectivity index (χ2v) is 5.04. The van der Waals surface area contributed by atoms with Gasteiger partial charge in [0, 0.05) is 32.7 Å². The van der Waals surface area contributed by atoms with E-state index in [1.165, 1.54) is 0 Å². The second-order valence-electron chi connectivity index (χ2n) is 5.04. The molecule has 0 saturated carbocycles. The minimum Gasteiger partial charge on any atom is -0.448 e. The van der Waals surface area contributed by atoms with Crippen LogP contribution in [0.15, 0.2) is 30.3 Å². The van der Waals surface area contributed by atoms with Gasteiger partial charge in [0.15, 0.2) is 0 Å². The van der Waals surface area contributed by atoms with Gasteiger partial charge >= 0.3 is 12.2 Å². The first-order chi connectivity index (χ1) is 10.6. The number of hydrogen-bond donors (Lipinski definition) is 1. The Balaban J connectivity index is 1.65. The molecule has 1 aliphatic rings. The molecule has 7 heteroatoms. The standard InChI is InChI=1S/C15H21N3O4/c16-14(19)21-11-10-17-6-8-18(9-7-17)15(20)22-12-13-4-2-1-3-5-13/h1-5H,6-12H2,(H2,16,19). The van der Waals surface area contributed by atoms with Crippen LogP contribution in [0.4, 0.5) is 9.59 Å². The minimum atomic E-state index is -0.761. The Morgan fingerprint density at radius 3 is 2.36 bits per heavy atom. The Morgan fingerprint density at radius 1 is 1.05 bits per heavy atom. The lowest BCUT2D eigenvalue weighted by atomic mass is 10.2. The van der Waals surface area contributed by atoms with Crippen LogP contribution in [0.2, 0.25) is 0 Å². The van der Waals surface area contributed by atoms with E-state index in [0.717, 1.165) is 18.7 Å². The number of benzene rings is 1. The van der Waals surface area contributed by atoms with Crippen molar-refractivity contribution in [3.8, 4) is 0 Å². The lowest BCUT2D eigenvalue weighted by molar-refractivity contribution is 0.0653. The van der Waals surface area contributed by atoms with Crippen molar-refractivity contribution < 1.29 is 19.1 Å². The molecule has 1 fully saturated rings. The lowest BCUT2D eigenvalue weighted by Gasteiger charge is -2.33. The summed E-state index contributed by atoms with van der Waals surface area (Å²) in [5.41, 5.74) is 5.87. The molecule has 0 atom stereocenters. The fourth-order valence-electron chi connectivity index (χ4n) is 2.24. The largest absolute Gasteiger partial charge is 0.448 e. The fraction of sp³-hybridized carbons (Fsp3) is 0.467. The van der Waals surface area contributed by atoms with Gasteiger partial charge in [-0.3, -0.25) is 4.90 Å². The quantitative estimate of drug-likeness (QED) is 0.878. The maximum Gasteiger partial charge on any atom is 0.410 e. The molecule has 2 amide bonds. The first-order valence-electron chi connectivity index (χ1n) is 7.25. The van der Waals surface area contributed by atoms with Gasteiger partial charge in [-0.2, -0.15) is 0 Å². The van der Waals surface area contributed by atoms with E-state index in [4.69, 9.17) is 15.2 Å². The topological polar surface area (TPSA) is 85.1 Å². The molecule has 1 aliphatic heterocycles. The molecule has 0 unspecified atom stereocenters. The van der Waals surface area contributed by atoms with Crippen LogP contribution in [0.25, 0.3) is 0 Å². The Labute approximate surface area is 129 Å². The van der Waals surface area contributed by atoms with Gasteiger partial charge in [-0.1, -0.05) is 30.3 Å². The highest BCUT2D eigenvalue weighted by Crippen LogP contribution is 2.06. The minimum absolute atomic E-state index is 0.272. The number of amides is 2. The number of rotatable bonds is 5. The van der Waals surface area contributed by atoms with E-state index in [2.05, 4.69) is 4.90 Å². The number of hydrogen-bond acceptors (Lipinski definition) is 5. The van der Waals surface area contributed by atoms with Crippen LogP contribution in [-0.2, 0) is 16.1 Å². The number of carbonyl (C=O) groups is 2. The van der Waals surface area contributed by atoms with Crippen LogP contribution < -0.4 is 5.73 Å². The second kappa shape index (κ2) is 8.23. The summed E-state index contributed by atoms with van der Waals surface area (Å²) < 4.78 is 10.00. The predicted octanol–water partition coefficient (Wildman–Crippen LogP) is 1.04. The third-order valence-corrected chi connectivity index (χ3v) is 3.49. The third kappa shape index (κ3) is 5.25. The van der Waals surface area contributed by atoms with E-state index in [0.29, 0.717) is 19.6 Å². The van der Waals surface area contributed by atoms with Gasteiger partial charge in [-0.15, -0.1) is 0 Å². The number of nitrogens with zero attached hydrogens (tertiary/aromatic N) is 2. The van der Waals surface area contributed by atoms with Crippen molar-refractivity contribution >= 4 is 12.2 Å². The Kier molecular flexibility index (Phi) is 6.02. The van der Waals surface area contributed by atoms with Gasteiger partial charge < -0.3 is 20.1 Å². The average Bonchev–Trinajstić information content (AvgIpc) is 2.54. The van der Waals surface area contributed by atoms with Gasteiger partial charge in [0.25, 0.3) is 0 Å². The predicted molar refractivity (Wildman–Crippen MR) is 80.2 cm³/mol. The summed E-state index contributed by atoms with van der Waals surface area (Å²) in [6.07, 6.45) is -1.06. The lowest BCUT2D eigenvalue weighted by Crippen LogP contribution is -2.49. The molecule has 1 heterocycles. The molecule has 22 heavy (non-hydrogen) atoms. The molecule has 0 aliphatic carbocycles. The normalized spacial score (nSPS) is 15.4. The maximum atomic E-state index is 12.0. The Bertz CT molecular complexity index is 487. The number of piperazine rings is 1. The highest BCUT2D eigenvalue weighted by atomic mass is 16.6. The van der Waals surface area contributed by atoms with Crippen LogP contribution in [0, 0.1) is 0 Å². The summed E-state index contributed by atoms with van der Waals surface area (Å²) in [4.78, 5) is 26.3. The van der Waals surface area contributed by atoms with Crippen molar-refractivity contribution in [2.75, 3.05) is 39.3 Å². The van der Waals surface area contributed by atoms with Crippen molar-refractivity contribution in [2.45, 2.75) is 6.61 Å². The summed E-state index contributed by atoms with van der Waals surface area (Å²) in [5.74, 6) is 0. The summed E-state index contributed by atoms with van der Waals surface area (Å²) >= 11 is 0. The summed E-state index contributed by atoms with van der Waals surface area (Å²) in [6.45, 7) is 3.83. The van der Waals surface area contributed by atoms with Crippen LogP contribution in [0.5, 0.6) is 0 Å². The first kappa shape index (κ1) is 16.1. The molecule has 0 spiro atoms. The zero-order valence-corrected chi connectivity index (χ0v) is 12.4. The van der Waals surface area contributed by atoms with E-state index in [1.807, 2.05) is 30.3 Å². The summed E-state index contributed by atoms with van der Waals surface area (Å²) in [7, 11) is 0. The number of nitrogens with two attached hydrogens (primary N) is 1. The molecule has 0 radical (unpaired) electrons. The van der Waals surface area contributed by atoms with Crippen molar-refractivity contribution in [1.29, 1.82) is 0 Å². The number of ether oxygens (including phenoxy) is 2. The van der Waals surface area contributed by atoms with E-state index in [-0.39, 0.29) is 19.3 Å². The zero-order chi connectivity index (χ0) is 15.8. The van der Waals surface area contributed by atoms with Crippen LogP contribution in [0.1, 0.15) is 5.56 Å². The van der Waals surface area contributed by atoms with Gasteiger partial charge in [0.2, 0.25) is 0 Å². The SMILES string of the molecule is NC(=O)OCCN1CCN(C(=O)OCc2ccccc2)CC1. The highest BCUT2D eigenvalue weighted by Gasteiger charge is 2.22.